The van der Waals surface area contributed by atoms with Crippen LogP contribution in [0.5, 0.6) is 0 Å². The summed E-state index contributed by atoms with van der Waals surface area (Å²) in [4.78, 5) is 11.6. The van der Waals surface area contributed by atoms with Gasteiger partial charge in [0.25, 0.3) is 0 Å². The molecule has 1 aromatic rings. The number of aromatic nitrogens is 2. The van der Waals surface area contributed by atoms with Crippen LogP contribution in [-0.4, -0.2) is 34.9 Å². The number of ether oxygens (including phenoxy) is 1. The number of anilines is 1. The minimum absolute atomic E-state index is 0. The van der Waals surface area contributed by atoms with E-state index in [1.807, 2.05) is 0 Å². The van der Waals surface area contributed by atoms with E-state index in [0.29, 0.717) is 18.8 Å². The summed E-state index contributed by atoms with van der Waals surface area (Å²) >= 11 is 0. The Labute approximate surface area is 107 Å². The van der Waals surface area contributed by atoms with Gasteiger partial charge in [-0.2, -0.15) is 5.10 Å². The number of carbonyl (C=O) groups is 1. The second-order valence-corrected chi connectivity index (χ2v) is 4.16. The van der Waals surface area contributed by atoms with E-state index in [9.17, 15) is 4.79 Å². The van der Waals surface area contributed by atoms with Crippen molar-refractivity contribution in [2.24, 2.45) is 5.73 Å². The summed E-state index contributed by atoms with van der Waals surface area (Å²) < 4.78 is 6.62. The molecule has 1 heterocycles. The van der Waals surface area contributed by atoms with Crippen molar-refractivity contribution in [1.82, 2.24) is 9.78 Å². The predicted octanol–water partition coefficient (Wildman–Crippen LogP) is 0.627. The first kappa shape index (κ1) is 15.9. The fraction of sp³-hybridized carbons (Fsp3) is 0.600. The molecule has 0 aliphatic carbocycles. The largest absolute Gasteiger partial charge is 0.383 e. The first-order chi connectivity index (χ1) is 7.43. The van der Waals surface area contributed by atoms with E-state index in [2.05, 4.69) is 10.4 Å². The van der Waals surface area contributed by atoms with Crippen LogP contribution in [0.4, 0.5) is 5.69 Å². The summed E-state index contributed by atoms with van der Waals surface area (Å²) in [6.07, 6.45) is 3.32. The lowest BCUT2D eigenvalue weighted by atomic mass is 10.1. The number of nitrogens with one attached hydrogen (secondary N) is 1. The highest BCUT2D eigenvalue weighted by Crippen LogP contribution is 2.08. The number of methoxy groups -OCH3 is 1. The van der Waals surface area contributed by atoms with Crippen molar-refractivity contribution in [2.75, 3.05) is 19.0 Å². The summed E-state index contributed by atoms with van der Waals surface area (Å²) in [5, 5.41) is 6.76. The number of nitrogens with two attached hydrogens (primary N) is 1. The van der Waals surface area contributed by atoms with Crippen LogP contribution in [0.3, 0.4) is 0 Å². The molecule has 0 aromatic carbocycles. The number of amides is 1. The van der Waals surface area contributed by atoms with E-state index in [1.165, 1.54) is 0 Å². The van der Waals surface area contributed by atoms with Crippen LogP contribution < -0.4 is 11.1 Å². The van der Waals surface area contributed by atoms with Gasteiger partial charge in [-0.05, 0) is 13.8 Å². The Balaban J connectivity index is 0.00000256. The van der Waals surface area contributed by atoms with Gasteiger partial charge in [-0.3, -0.25) is 9.48 Å². The fourth-order valence-corrected chi connectivity index (χ4v) is 1.03. The minimum atomic E-state index is -0.894. The first-order valence-corrected chi connectivity index (χ1v) is 5.05. The lowest BCUT2D eigenvalue weighted by Gasteiger charge is -2.16. The van der Waals surface area contributed by atoms with Crippen molar-refractivity contribution in [1.29, 1.82) is 0 Å². The van der Waals surface area contributed by atoms with Crippen LogP contribution in [0.15, 0.2) is 12.4 Å². The molecule has 7 heteroatoms. The zero-order chi connectivity index (χ0) is 12.2. The van der Waals surface area contributed by atoms with Gasteiger partial charge in [-0.15, -0.1) is 12.4 Å². The number of hydrogen-bond acceptors (Lipinski definition) is 4. The first-order valence-electron chi connectivity index (χ1n) is 5.05. The smallest absolute Gasteiger partial charge is 0.243 e. The van der Waals surface area contributed by atoms with E-state index >= 15 is 0 Å². The summed E-state index contributed by atoms with van der Waals surface area (Å²) in [6, 6.07) is 0. The second-order valence-electron chi connectivity index (χ2n) is 4.16. The van der Waals surface area contributed by atoms with Crippen molar-refractivity contribution < 1.29 is 9.53 Å². The number of rotatable bonds is 5. The average Bonchev–Trinajstić information content (AvgIpc) is 2.61. The van der Waals surface area contributed by atoms with Crippen molar-refractivity contribution >= 4 is 24.0 Å². The van der Waals surface area contributed by atoms with E-state index < -0.39 is 5.54 Å². The van der Waals surface area contributed by atoms with E-state index in [4.69, 9.17) is 10.5 Å². The molecule has 0 saturated heterocycles. The molecule has 0 saturated carbocycles. The highest BCUT2D eigenvalue weighted by molar-refractivity contribution is 5.97. The van der Waals surface area contributed by atoms with E-state index in [-0.39, 0.29) is 18.3 Å². The molecule has 0 aliphatic rings. The molecule has 0 spiro atoms. The van der Waals surface area contributed by atoms with Crippen LogP contribution in [0.2, 0.25) is 0 Å². The summed E-state index contributed by atoms with van der Waals surface area (Å²) in [7, 11) is 1.63. The summed E-state index contributed by atoms with van der Waals surface area (Å²) in [5.41, 5.74) is 5.40. The van der Waals surface area contributed by atoms with Crippen LogP contribution >= 0.6 is 12.4 Å². The van der Waals surface area contributed by atoms with Crippen LogP contribution in [0, 0.1) is 0 Å². The Bertz CT molecular complexity index is 359. The zero-order valence-electron chi connectivity index (χ0n) is 10.3. The van der Waals surface area contributed by atoms with Gasteiger partial charge in [0.05, 0.1) is 30.6 Å². The van der Waals surface area contributed by atoms with Gasteiger partial charge < -0.3 is 15.8 Å². The molecular weight excluding hydrogens is 244 g/mol. The third kappa shape index (κ3) is 5.16. The standard InChI is InChI=1S/C10H18N4O2.ClH/c1-10(2,11)9(15)13-8-6-12-14(7-8)4-5-16-3;/h6-7H,4-5,11H2,1-3H3,(H,13,15);1H. The SMILES string of the molecule is COCCn1cc(NC(=O)C(C)(C)N)cn1.Cl. The van der Waals surface area contributed by atoms with Gasteiger partial charge in [-0.1, -0.05) is 0 Å². The molecule has 98 valence electrons. The lowest BCUT2D eigenvalue weighted by Crippen LogP contribution is -2.45. The van der Waals surface area contributed by atoms with Crippen LogP contribution in [-0.2, 0) is 16.1 Å². The molecule has 0 bridgehead atoms. The number of carbonyl (C=O) groups excluding carboxylic acids is 1. The fourth-order valence-electron chi connectivity index (χ4n) is 1.03. The Hall–Kier alpha value is -1.11. The third-order valence-corrected chi connectivity index (χ3v) is 2.00. The normalized spacial score (nSPS) is 10.8. The van der Waals surface area contributed by atoms with E-state index in [1.54, 1.807) is 38.0 Å². The molecule has 17 heavy (non-hydrogen) atoms. The third-order valence-electron chi connectivity index (χ3n) is 2.00. The monoisotopic (exact) mass is 262 g/mol. The van der Waals surface area contributed by atoms with Gasteiger partial charge in [0.15, 0.2) is 0 Å². The van der Waals surface area contributed by atoms with Gasteiger partial charge in [-0.25, -0.2) is 0 Å². The lowest BCUT2D eigenvalue weighted by molar-refractivity contribution is -0.120. The highest BCUT2D eigenvalue weighted by atomic mass is 35.5. The molecule has 3 N–H and O–H groups in total. The second kappa shape index (κ2) is 6.58. The Morgan fingerprint density at radius 2 is 2.29 bits per heavy atom. The maximum atomic E-state index is 11.6. The average molecular weight is 263 g/mol. The summed E-state index contributed by atoms with van der Waals surface area (Å²) in [5.74, 6) is -0.237. The number of hydrogen-bond donors (Lipinski definition) is 2. The van der Waals surface area contributed by atoms with Crippen molar-refractivity contribution in [3.05, 3.63) is 12.4 Å². The number of halogens is 1. The molecule has 1 aromatic heterocycles. The maximum Gasteiger partial charge on any atom is 0.243 e. The van der Waals surface area contributed by atoms with Crippen molar-refractivity contribution in [2.45, 2.75) is 25.9 Å². The summed E-state index contributed by atoms with van der Waals surface area (Å²) in [6.45, 7) is 4.53. The molecule has 0 fully saturated rings. The Morgan fingerprint density at radius 1 is 1.65 bits per heavy atom. The highest BCUT2D eigenvalue weighted by Gasteiger charge is 2.22. The minimum Gasteiger partial charge on any atom is -0.383 e. The maximum absolute atomic E-state index is 11.6. The Morgan fingerprint density at radius 3 is 2.82 bits per heavy atom. The topological polar surface area (TPSA) is 82.2 Å². The quantitative estimate of drug-likeness (QED) is 0.815. The molecular formula is C10H19ClN4O2. The molecule has 6 nitrogen and oxygen atoms in total. The van der Waals surface area contributed by atoms with E-state index in [0.717, 1.165) is 0 Å². The molecule has 0 radical (unpaired) electrons. The van der Waals surface area contributed by atoms with Crippen molar-refractivity contribution in [3.63, 3.8) is 0 Å². The molecule has 0 aliphatic heterocycles. The molecule has 0 unspecified atom stereocenters. The number of nitrogens with zero attached hydrogens (tertiary/aromatic N) is 2. The van der Waals surface area contributed by atoms with Gasteiger partial charge in [0.2, 0.25) is 5.91 Å². The molecule has 1 amide bonds. The Kier molecular flexibility index (Phi) is 6.15. The van der Waals surface area contributed by atoms with Crippen molar-refractivity contribution in [3.8, 4) is 0 Å². The van der Waals surface area contributed by atoms with Gasteiger partial charge in [0, 0.05) is 13.3 Å². The van der Waals surface area contributed by atoms with Gasteiger partial charge in [0.1, 0.15) is 0 Å². The van der Waals surface area contributed by atoms with Crippen LogP contribution in [0.25, 0.3) is 0 Å². The molecule has 1 rings (SSSR count). The van der Waals surface area contributed by atoms with Gasteiger partial charge >= 0.3 is 0 Å². The van der Waals surface area contributed by atoms with Crippen LogP contribution in [0.1, 0.15) is 13.8 Å². The zero-order valence-corrected chi connectivity index (χ0v) is 11.1. The molecule has 0 atom stereocenters. The predicted molar refractivity (Wildman–Crippen MR) is 68.2 cm³/mol.